The predicted octanol–water partition coefficient (Wildman–Crippen LogP) is 4.04. The molecule has 3 rings (SSSR count). The van der Waals surface area contributed by atoms with E-state index in [-0.39, 0.29) is 17.3 Å². The van der Waals surface area contributed by atoms with Crippen LogP contribution in [0, 0.1) is 0 Å². The first kappa shape index (κ1) is 21.8. The van der Waals surface area contributed by atoms with Gasteiger partial charge in [-0.15, -0.1) is 0 Å². The fraction of sp³-hybridized carbons (Fsp3) is 0.143. The maximum absolute atomic E-state index is 12.8. The Balaban J connectivity index is 1.99. The molecular formula is C21H17F3N2O5. The number of aromatic nitrogens is 1. The van der Waals surface area contributed by atoms with Gasteiger partial charge in [0.2, 0.25) is 11.6 Å². The van der Waals surface area contributed by atoms with Crippen molar-refractivity contribution in [3.63, 3.8) is 0 Å². The van der Waals surface area contributed by atoms with Gasteiger partial charge in [-0.3, -0.25) is 14.6 Å². The first-order valence-corrected chi connectivity index (χ1v) is 8.82. The summed E-state index contributed by atoms with van der Waals surface area (Å²) in [7, 11) is 2.46. The molecule has 0 saturated heterocycles. The first-order chi connectivity index (χ1) is 14.7. The second-order valence-electron chi connectivity index (χ2n) is 6.32. The van der Waals surface area contributed by atoms with Gasteiger partial charge in [-0.25, -0.2) is 0 Å². The highest BCUT2D eigenvalue weighted by atomic mass is 19.4. The molecule has 1 heterocycles. The Morgan fingerprint density at radius 1 is 1.03 bits per heavy atom. The molecular weight excluding hydrogens is 417 g/mol. The summed E-state index contributed by atoms with van der Waals surface area (Å²) < 4.78 is 48.3. The van der Waals surface area contributed by atoms with Crippen molar-refractivity contribution in [2.24, 2.45) is 0 Å². The van der Waals surface area contributed by atoms with E-state index in [1.165, 1.54) is 32.4 Å². The lowest BCUT2D eigenvalue weighted by molar-refractivity contribution is -0.137. The number of nitrogens with one attached hydrogen (secondary N) is 2. The highest BCUT2D eigenvalue weighted by Gasteiger charge is 2.30. The highest BCUT2D eigenvalue weighted by molar-refractivity contribution is 6.08. The Morgan fingerprint density at radius 2 is 1.68 bits per heavy atom. The zero-order valence-electron chi connectivity index (χ0n) is 16.3. The lowest BCUT2D eigenvalue weighted by Crippen LogP contribution is -2.24. The SMILES string of the molecule is COc1[nH]c(=O)c(C(=O)Nc2ccccc2-c2ccc(C(F)(F)F)cc2)c(O)c1OC. The van der Waals surface area contributed by atoms with Crippen LogP contribution < -0.4 is 20.3 Å². The van der Waals surface area contributed by atoms with Gasteiger partial charge in [0.15, 0.2) is 11.3 Å². The molecule has 0 aliphatic rings. The molecule has 3 N–H and O–H groups in total. The number of para-hydroxylation sites is 1. The van der Waals surface area contributed by atoms with Crippen molar-refractivity contribution in [3.05, 3.63) is 70.0 Å². The number of hydrogen-bond acceptors (Lipinski definition) is 5. The molecule has 0 unspecified atom stereocenters. The largest absolute Gasteiger partial charge is 0.503 e. The maximum Gasteiger partial charge on any atom is 0.416 e. The van der Waals surface area contributed by atoms with Gasteiger partial charge in [0.25, 0.3) is 11.5 Å². The monoisotopic (exact) mass is 434 g/mol. The summed E-state index contributed by atoms with van der Waals surface area (Å²) >= 11 is 0. The van der Waals surface area contributed by atoms with Crippen LogP contribution in [0.1, 0.15) is 15.9 Å². The lowest BCUT2D eigenvalue weighted by atomic mass is 10.0. The number of aromatic hydroxyl groups is 1. The Morgan fingerprint density at radius 3 is 2.26 bits per heavy atom. The minimum absolute atomic E-state index is 0.160. The van der Waals surface area contributed by atoms with E-state index in [1.54, 1.807) is 18.2 Å². The number of carbonyl (C=O) groups excluding carboxylic acids is 1. The summed E-state index contributed by atoms with van der Waals surface area (Å²) in [6, 6.07) is 10.7. The van der Waals surface area contributed by atoms with Crippen LogP contribution in [-0.2, 0) is 6.18 Å². The fourth-order valence-electron chi connectivity index (χ4n) is 2.96. The van der Waals surface area contributed by atoms with Crippen LogP contribution in [0.5, 0.6) is 17.4 Å². The van der Waals surface area contributed by atoms with Crippen molar-refractivity contribution in [1.29, 1.82) is 0 Å². The van der Waals surface area contributed by atoms with Gasteiger partial charge < -0.3 is 19.9 Å². The lowest BCUT2D eigenvalue weighted by Gasteiger charge is -2.14. The zero-order valence-corrected chi connectivity index (χ0v) is 16.3. The van der Waals surface area contributed by atoms with E-state index in [0.717, 1.165) is 12.1 Å². The first-order valence-electron chi connectivity index (χ1n) is 8.82. The van der Waals surface area contributed by atoms with E-state index in [2.05, 4.69) is 10.3 Å². The average Bonchev–Trinajstić information content (AvgIpc) is 2.73. The summed E-state index contributed by atoms with van der Waals surface area (Å²) in [6.07, 6.45) is -4.47. The third kappa shape index (κ3) is 4.32. The number of rotatable bonds is 5. The molecule has 31 heavy (non-hydrogen) atoms. The summed E-state index contributed by atoms with van der Waals surface area (Å²) in [4.78, 5) is 27.3. The van der Waals surface area contributed by atoms with Crippen LogP contribution in [0.3, 0.4) is 0 Å². The number of H-pyrrole nitrogens is 1. The second-order valence-corrected chi connectivity index (χ2v) is 6.32. The molecule has 1 aromatic heterocycles. The van der Waals surface area contributed by atoms with Crippen molar-refractivity contribution in [3.8, 4) is 28.5 Å². The van der Waals surface area contributed by atoms with E-state index in [4.69, 9.17) is 9.47 Å². The van der Waals surface area contributed by atoms with Crippen molar-refractivity contribution in [2.45, 2.75) is 6.18 Å². The van der Waals surface area contributed by atoms with Crippen molar-refractivity contribution < 1.29 is 32.5 Å². The summed E-state index contributed by atoms with van der Waals surface area (Å²) in [5.41, 5.74) is -1.28. The summed E-state index contributed by atoms with van der Waals surface area (Å²) in [5.74, 6) is -2.05. The van der Waals surface area contributed by atoms with Crippen molar-refractivity contribution in [1.82, 2.24) is 4.98 Å². The number of ether oxygens (including phenoxy) is 2. The average molecular weight is 434 g/mol. The minimum Gasteiger partial charge on any atom is -0.503 e. The number of alkyl halides is 3. The van der Waals surface area contributed by atoms with Gasteiger partial charge in [0.1, 0.15) is 0 Å². The third-order valence-electron chi connectivity index (χ3n) is 4.45. The molecule has 10 heteroatoms. The topological polar surface area (TPSA) is 101 Å². The molecule has 0 aliphatic carbocycles. The predicted molar refractivity (Wildman–Crippen MR) is 107 cm³/mol. The number of methoxy groups -OCH3 is 2. The van der Waals surface area contributed by atoms with Gasteiger partial charge in [0.05, 0.1) is 19.8 Å². The van der Waals surface area contributed by atoms with Crippen LogP contribution in [0.25, 0.3) is 11.1 Å². The summed E-state index contributed by atoms with van der Waals surface area (Å²) in [6.45, 7) is 0. The molecule has 0 radical (unpaired) electrons. The molecule has 0 aliphatic heterocycles. The molecule has 1 amide bonds. The van der Waals surface area contributed by atoms with Crippen LogP contribution in [0.2, 0.25) is 0 Å². The molecule has 162 valence electrons. The number of anilines is 1. The fourth-order valence-corrected chi connectivity index (χ4v) is 2.96. The van der Waals surface area contributed by atoms with Gasteiger partial charge >= 0.3 is 6.18 Å². The van der Waals surface area contributed by atoms with Crippen LogP contribution in [-0.4, -0.2) is 30.2 Å². The van der Waals surface area contributed by atoms with Crippen LogP contribution in [0.4, 0.5) is 18.9 Å². The quantitative estimate of drug-likeness (QED) is 0.563. The zero-order chi connectivity index (χ0) is 22.8. The van der Waals surface area contributed by atoms with Crippen LogP contribution in [0.15, 0.2) is 53.3 Å². The summed E-state index contributed by atoms with van der Waals surface area (Å²) in [5, 5.41) is 12.8. The van der Waals surface area contributed by atoms with E-state index < -0.39 is 34.5 Å². The molecule has 0 spiro atoms. The highest BCUT2D eigenvalue weighted by Crippen LogP contribution is 2.36. The molecule has 0 fully saturated rings. The minimum atomic E-state index is -4.47. The number of carbonyl (C=O) groups is 1. The number of hydrogen-bond donors (Lipinski definition) is 3. The van der Waals surface area contributed by atoms with Gasteiger partial charge in [0, 0.05) is 11.3 Å². The Bertz CT molecular complexity index is 1170. The van der Waals surface area contributed by atoms with Crippen LogP contribution >= 0.6 is 0 Å². The number of amides is 1. The molecule has 7 nitrogen and oxygen atoms in total. The van der Waals surface area contributed by atoms with Crippen molar-refractivity contribution >= 4 is 11.6 Å². The number of benzene rings is 2. The van der Waals surface area contributed by atoms with E-state index in [9.17, 15) is 27.9 Å². The van der Waals surface area contributed by atoms with Crippen molar-refractivity contribution in [2.75, 3.05) is 19.5 Å². The van der Waals surface area contributed by atoms with Gasteiger partial charge in [-0.05, 0) is 23.8 Å². The Kier molecular flexibility index (Phi) is 5.91. The van der Waals surface area contributed by atoms with Gasteiger partial charge in [-0.1, -0.05) is 30.3 Å². The number of aromatic amines is 1. The molecule has 0 bridgehead atoms. The standard InChI is InChI=1S/C21H17F3N2O5/c1-30-17-16(27)15(19(29)26-20(17)31-2)18(28)25-14-6-4-3-5-13(14)11-7-9-12(10-8-11)21(22,23)24/h3-10H,1-2H3,(H,25,28)(H2,26,27,29). The normalized spacial score (nSPS) is 11.1. The molecule has 0 saturated carbocycles. The van der Waals surface area contributed by atoms with E-state index in [0.29, 0.717) is 11.1 Å². The molecule has 0 atom stereocenters. The molecule has 2 aromatic carbocycles. The van der Waals surface area contributed by atoms with Gasteiger partial charge in [-0.2, -0.15) is 13.2 Å². The molecule has 3 aromatic rings. The Labute approximate surface area is 174 Å². The Hall–Kier alpha value is -3.95. The smallest absolute Gasteiger partial charge is 0.416 e. The maximum atomic E-state index is 12.8. The van der Waals surface area contributed by atoms with E-state index >= 15 is 0 Å². The third-order valence-corrected chi connectivity index (χ3v) is 4.45. The van der Waals surface area contributed by atoms with E-state index in [1.807, 2.05) is 0 Å². The number of halogens is 3. The second kappa shape index (κ2) is 8.42. The number of pyridine rings is 1.